The van der Waals surface area contributed by atoms with E-state index in [4.69, 9.17) is 0 Å². The maximum absolute atomic E-state index is 12.6. The second kappa shape index (κ2) is 9.62. The van der Waals surface area contributed by atoms with Crippen molar-refractivity contribution in [3.05, 3.63) is 95.6 Å². The van der Waals surface area contributed by atoms with E-state index in [1.807, 2.05) is 80.6 Å². The number of anilines is 1. The summed E-state index contributed by atoms with van der Waals surface area (Å²) in [4.78, 5) is 12.6. The molecule has 0 aliphatic carbocycles. The quantitative estimate of drug-likeness (QED) is 0.404. The zero-order valence-electron chi connectivity index (χ0n) is 17.6. The molecule has 0 saturated carbocycles. The van der Waals surface area contributed by atoms with Crippen LogP contribution in [0.1, 0.15) is 16.7 Å². The molecule has 156 valence electrons. The highest BCUT2D eigenvalue weighted by Crippen LogP contribution is 2.26. The maximum atomic E-state index is 12.6. The summed E-state index contributed by atoms with van der Waals surface area (Å²) < 4.78 is 2.07. The minimum Gasteiger partial charge on any atom is -0.325 e. The van der Waals surface area contributed by atoms with E-state index >= 15 is 0 Å². The van der Waals surface area contributed by atoms with Gasteiger partial charge in [0.25, 0.3) is 0 Å². The number of benzene rings is 3. The van der Waals surface area contributed by atoms with Crippen molar-refractivity contribution in [2.45, 2.75) is 25.5 Å². The molecule has 0 aliphatic rings. The van der Waals surface area contributed by atoms with Crippen molar-refractivity contribution >= 4 is 23.4 Å². The number of nitrogens with one attached hydrogen (secondary N) is 1. The van der Waals surface area contributed by atoms with E-state index in [2.05, 4.69) is 32.2 Å². The summed E-state index contributed by atoms with van der Waals surface area (Å²) >= 11 is 1.40. The van der Waals surface area contributed by atoms with Crippen LogP contribution in [0.2, 0.25) is 0 Å². The molecule has 1 amide bonds. The lowest BCUT2D eigenvalue weighted by Gasteiger charge is -2.12. The van der Waals surface area contributed by atoms with Crippen LogP contribution in [0.5, 0.6) is 0 Å². The summed E-state index contributed by atoms with van der Waals surface area (Å²) in [5.41, 5.74) is 5.24. The molecule has 0 fully saturated rings. The third-order valence-corrected chi connectivity index (χ3v) is 6.11. The summed E-state index contributed by atoms with van der Waals surface area (Å²) in [5, 5.41) is 12.6. The normalized spacial score (nSPS) is 10.8. The molecule has 4 aromatic rings. The van der Waals surface area contributed by atoms with Crippen molar-refractivity contribution in [3.63, 3.8) is 0 Å². The predicted octanol–water partition coefficient (Wildman–Crippen LogP) is 5.34. The standard InChI is InChI=1S/C25H24N4OS/c1-18-10-9-15-22(19(18)2)26-23(30)17-31-25-28-27-24(21-13-7-4-8-14-21)29(25)16-20-11-5-3-6-12-20/h3-15H,16-17H2,1-2H3,(H,26,30). The lowest BCUT2D eigenvalue weighted by Crippen LogP contribution is -2.15. The number of rotatable bonds is 7. The molecule has 0 unspecified atom stereocenters. The highest BCUT2D eigenvalue weighted by atomic mass is 32.2. The smallest absolute Gasteiger partial charge is 0.234 e. The fourth-order valence-corrected chi connectivity index (χ4v) is 4.05. The highest BCUT2D eigenvalue weighted by molar-refractivity contribution is 7.99. The van der Waals surface area contributed by atoms with Crippen LogP contribution in [0.25, 0.3) is 11.4 Å². The zero-order valence-corrected chi connectivity index (χ0v) is 18.4. The van der Waals surface area contributed by atoms with E-state index in [0.717, 1.165) is 38.9 Å². The molecule has 0 saturated heterocycles. The second-order valence-electron chi connectivity index (χ2n) is 7.33. The summed E-state index contributed by atoms with van der Waals surface area (Å²) in [5.74, 6) is 0.992. The fourth-order valence-electron chi connectivity index (χ4n) is 3.31. The van der Waals surface area contributed by atoms with Crippen molar-refractivity contribution in [2.24, 2.45) is 0 Å². The Hall–Kier alpha value is -3.38. The molecule has 0 atom stereocenters. The number of aryl methyl sites for hydroxylation is 1. The Morgan fingerprint density at radius 2 is 1.61 bits per heavy atom. The molecule has 6 heteroatoms. The van der Waals surface area contributed by atoms with Gasteiger partial charge >= 0.3 is 0 Å². The van der Waals surface area contributed by atoms with Crippen molar-refractivity contribution in [3.8, 4) is 11.4 Å². The summed E-state index contributed by atoms with van der Waals surface area (Å²) in [6, 6.07) is 26.1. The molecule has 0 radical (unpaired) electrons. The third kappa shape index (κ3) is 5.03. The first kappa shape index (κ1) is 20.9. The van der Waals surface area contributed by atoms with Crippen LogP contribution >= 0.6 is 11.8 Å². The van der Waals surface area contributed by atoms with Crippen LogP contribution in [-0.2, 0) is 11.3 Å². The first-order chi connectivity index (χ1) is 15.1. The topological polar surface area (TPSA) is 59.8 Å². The zero-order chi connectivity index (χ0) is 21.6. The van der Waals surface area contributed by atoms with E-state index in [0.29, 0.717) is 6.54 Å². The Balaban J connectivity index is 1.54. The summed E-state index contributed by atoms with van der Waals surface area (Å²) in [6.45, 7) is 4.69. The van der Waals surface area contributed by atoms with Gasteiger partial charge in [-0.05, 0) is 36.6 Å². The highest BCUT2D eigenvalue weighted by Gasteiger charge is 2.16. The Morgan fingerprint density at radius 3 is 2.35 bits per heavy atom. The molecule has 1 heterocycles. The molecule has 0 spiro atoms. The van der Waals surface area contributed by atoms with Gasteiger partial charge < -0.3 is 5.32 Å². The van der Waals surface area contributed by atoms with Crippen LogP contribution in [-0.4, -0.2) is 26.4 Å². The van der Waals surface area contributed by atoms with E-state index in [1.165, 1.54) is 11.8 Å². The van der Waals surface area contributed by atoms with Gasteiger partial charge in [-0.1, -0.05) is 84.6 Å². The first-order valence-electron chi connectivity index (χ1n) is 10.1. The van der Waals surface area contributed by atoms with E-state index in [9.17, 15) is 4.79 Å². The van der Waals surface area contributed by atoms with Crippen LogP contribution in [0.15, 0.2) is 84.0 Å². The van der Waals surface area contributed by atoms with E-state index in [-0.39, 0.29) is 11.7 Å². The molecule has 0 aliphatic heterocycles. The fraction of sp³-hybridized carbons (Fsp3) is 0.160. The number of aromatic nitrogens is 3. The Labute approximate surface area is 186 Å². The number of carbonyl (C=O) groups excluding carboxylic acids is 1. The number of thioether (sulfide) groups is 1. The van der Waals surface area contributed by atoms with Gasteiger partial charge in [-0.3, -0.25) is 9.36 Å². The van der Waals surface area contributed by atoms with Gasteiger partial charge in [0.05, 0.1) is 12.3 Å². The Morgan fingerprint density at radius 1 is 0.903 bits per heavy atom. The SMILES string of the molecule is Cc1cccc(NC(=O)CSc2nnc(-c3ccccc3)n2Cc2ccccc2)c1C. The van der Waals surface area contributed by atoms with Crippen molar-refractivity contribution in [2.75, 3.05) is 11.1 Å². The lowest BCUT2D eigenvalue weighted by atomic mass is 10.1. The minimum absolute atomic E-state index is 0.0609. The van der Waals surface area contributed by atoms with Crippen molar-refractivity contribution in [1.82, 2.24) is 14.8 Å². The van der Waals surface area contributed by atoms with Crippen LogP contribution in [0, 0.1) is 13.8 Å². The van der Waals surface area contributed by atoms with Gasteiger partial charge in [0.2, 0.25) is 5.91 Å². The molecule has 5 nitrogen and oxygen atoms in total. The molecule has 1 aromatic heterocycles. The number of carbonyl (C=O) groups is 1. The van der Waals surface area contributed by atoms with Gasteiger partial charge in [-0.15, -0.1) is 10.2 Å². The number of amides is 1. The average Bonchev–Trinajstić information content (AvgIpc) is 3.19. The van der Waals surface area contributed by atoms with Gasteiger partial charge in [-0.25, -0.2) is 0 Å². The largest absolute Gasteiger partial charge is 0.325 e. The molecule has 31 heavy (non-hydrogen) atoms. The minimum atomic E-state index is -0.0609. The first-order valence-corrected chi connectivity index (χ1v) is 11.1. The monoisotopic (exact) mass is 428 g/mol. The van der Waals surface area contributed by atoms with Gasteiger partial charge in [0.15, 0.2) is 11.0 Å². The number of hydrogen-bond donors (Lipinski definition) is 1. The predicted molar refractivity (Wildman–Crippen MR) is 126 cm³/mol. The lowest BCUT2D eigenvalue weighted by molar-refractivity contribution is -0.113. The average molecular weight is 429 g/mol. The van der Waals surface area contributed by atoms with Crippen LogP contribution in [0.4, 0.5) is 5.69 Å². The Bertz CT molecular complexity index is 1170. The molecular weight excluding hydrogens is 404 g/mol. The molecule has 4 rings (SSSR count). The number of hydrogen-bond acceptors (Lipinski definition) is 4. The van der Waals surface area contributed by atoms with Crippen LogP contribution < -0.4 is 5.32 Å². The molecule has 3 aromatic carbocycles. The third-order valence-electron chi connectivity index (χ3n) is 5.14. The van der Waals surface area contributed by atoms with E-state index < -0.39 is 0 Å². The van der Waals surface area contributed by atoms with Gasteiger partial charge in [0.1, 0.15) is 0 Å². The van der Waals surface area contributed by atoms with E-state index in [1.54, 1.807) is 0 Å². The van der Waals surface area contributed by atoms with Gasteiger partial charge in [0, 0.05) is 11.3 Å². The second-order valence-corrected chi connectivity index (χ2v) is 8.27. The molecule has 0 bridgehead atoms. The Kier molecular flexibility index (Phi) is 6.48. The summed E-state index contributed by atoms with van der Waals surface area (Å²) in [7, 11) is 0. The maximum Gasteiger partial charge on any atom is 0.234 e. The van der Waals surface area contributed by atoms with Crippen molar-refractivity contribution < 1.29 is 4.79 Å². The molecular formula is C25H24N4OS. The number of nitrogens with zero attached hydrogens (tertiary/aromatic N) is 3. The van der Waals surface area contributed by atoms with Crippen LogP contribution in [0.3, 0.4) is 0 Å². The van der Waals surface area contributed by atoms with Gasteiger partial charge in [-0.2, -0.15) is 0 Å². The summed E-state index contributed by atoms with van der Waals surface area (Å²) in [6.07, 6.45) is 0. The van der Waals surface area contributed by atoms with Crippen molar-refractivity contribution in [1.29, 1.82) is 0 Å². The molecule has 1 N–H and O–H groups in total.